The summed E-state index contributed by atoms with van der Waals surface area (Å²) in [6.45, 7) is 0. The molecule has 1 atom stereocenters. The molecule has 0 spiro atoms. The van der Waals surface area contributed by atoms with Crippen LogP contribution in [0, 0.1) is 0 Å². The third-order valence-electron chi connectivity index (χ3n) is 1.90. The van der Waals surface area contributed by atoms with Gasteiger partial charge in [-0.1, -0.05) is 22.0 Å². The Morgan fingerprint density at radius 2 is 2.14 bits per heavy atom. The molecule has 74 valence electrons. The van der Waals surface area contributed by atoms with Gasteiger partial charge in [0.2, 0.25) is 0 Å². The minimum Gasteiger partial charge on any atom is -0.496 e. The van der Waals surface area contributed by atoms with Crippen LogP contribution in [0.3, 0.4) is 0 Å². The molecule has 0 aliphatic heterocycles. The highest BCUT2D eigenvalue weighted by atomic mass is 79.9. The normalized spacial score (nSPS) is 12.7. The van der Waals surface area contributed by atoms with Gasteiger partial charge in [-0.05, 0) is 22.9 Å². The van der Waals surface area contributed by atoms with Crippen LogP contribution in [0.25, 0.3) is 0 Å². The van der Waals surface area contributed by atoms with Crippen LogP contribution in [-0.2, 0) is 0 Å². The molecule has 0 radical (unpaired) electrons. The van der Waals surface area contributed by atoms with Crippen molar-refractivity contribution in [1.82, 2.24) is 0 Å². The average molecular weight is 289 g/mol. The van der Waals surface area contributed by atoms with Gasteiger partial charge in [-0.15, -0.1) is 22.7 Å². The van der Waals surface area contributed by atoms with Crippen LogP contribution in [-0.4, -0.2) is 7.11 Å². The second-order valence-corrected chi connectivity index (χ2v) is 5.57. The Bertz CT molecular complexity index is 394. The van der Waals surface area contributed by atoms with Crippen molar-refractivity contribution >= 4 is 38.6 Å². The van der Waals surface area contributed by atoms with E-state index in [4.69, 9.17) is 4.74 Å². The highest BCUT2D eigenvalue weighted by molar-refractivity contribution is 9.09. The van der Waals surface area contributed by atoms with E-state index in [0.29, 0.717) is 0 Å². The van der Waals surface area contributed by atoms with E-state index in [-0.39, 0.29) is 4.83 Å². The Balaban J connectivity index is 2.31. The van der Waals surface area contributed by atoms with Crippen LogP contribution >= 0.6 is 38.6 Å². The zero-order valence-corrected chi connectivity index (χ0v) is 10.8. The Hall–Kier alpha value is -0.320. The molecule has 1 unspecified atom stereocenters. The number of thiophene rings is 2. The zero-order valence-electron chi connectivity index (χ0n) is 7.57. The molecule has 1 nitrogen and oxygen atoms in total. The first-order chi connectivity index (χ1) is 6.83. The minimum absolute atomic E-state index is 0.262. The van der Waals surface area contributed by atoms with E-state index < -0.39 is 0 Å². The molecule has 2 aromatic heterocycles. The molecule has 2 rings (SSSR count). The van der Waals surface area contributed by atoms with Crippen molar-refractivity contribution in [2.75, 3.05) is 7.11 Å². The van der Waals surface area contributed by atoms with Gasteiger partial charge in [0, 0.05) is 4.88 Å². The number of halogens is 1. The van der Waals surface area contributed by atoms with E-state index in [0.717, 1.165) is 5.75 Å². The Morgan fingerprint density at radius 1 is 1.29 bits per heavy atom. The van der Waals surface area contributed by atoms with E-state index in [2.05, 4.69) is 38.8 Å². The van der Waals surface area contributed by atoms with E-state index in [1.165, 1.54) is 9.75 Å². The number of alkyl halides is 1. The fourth-order valence-corrected chi connectivity index (χ4v) is 3.89. The number of hydrogen-bond acceptors (Lipinski definition) is 3. The second-order valence-electron chi connectivity index (χ2n) is 2.73. The molecular formula is C10H9BrOS2. The summed E-state index contributed by atoms with van der Waals surface area (Å²) >= 11 is 7.15. The summed E-state index contributed by atoms with van der Waals surface area (Å²) in [6, 6.07) is 6.19. The molecule has 0 N–H and O–H groups in total. The number of methoxy groups -OCH3 is 1. The maximum absolute atomic E-state index is 5.29. The minimum atomic E-state index is 0.262. The quantitative estimate of drug-likeness (QED) is 0.765. The third kappa shape index (κ3) is 1.87. The molecule has 0 amide bonds. The summed E-state index contributed by atoms with van der Waals surface area (Å²) < 4.78 is 5.29. The van der Waals surface area contributed by atoms with E-state index in [1.807, 2.05) is 6.07 Å². The molecule has 4 heteroatoms. The molecule has 0 fully saturated rings. The lowest BCUT2D eigenvalue weighted by molar-refractivity contribution is 0.413. The zero-order chi connectivity index (χ0) is 9.97. The topological polar surface area (TPSA) is 9.23 Å². The molecule has 0 saturated heterocycles. The van der Waals surface area contributed by atoms with Gasteiger partial charge in [-0.2, -0.15) is 0 Å². The van der Waals surface area contributed by atoms with Gasteiger partial charge in [0.15, 0.2) is 0 Å². The summed E-state index contributed by atoms with van der Waals surface area (Å²) in [5.74, 6) is 0.963. The fraction of sp³-hybridized carbons (Fsp3) is 0.200. The average Bonchev–Trinajstić information content (AvgIpc) is 2.87. The van der Waals surface area contributed by atoms with Gasteiger partial charge in [0.25, 0.3) is 0 Å². The first kappa shape index (κ1) is 10.2. The molecule has 14 heavy (non-hydrogen) atoms. The van der Waals surface area contributed by atoms with Gasteiger partial charge >= 0.3 is 0 Å². The first-order valence-electron chi connectivity index (χ1n) is 4.11. The molecule has 0 aliphatic carbocycles. The van der Waals surface area contributed by atoms with Crippen molar-refractivity contribution in [2.45, 2.75) is 4.83 Å². The highest BCUT2D eigenvalue weighted by Crippen LogP contribution is 2.41. The van der Waals surface area contributed by atoms with Crippen LogP contribution in [0.5, 0.6) is 5.75 Å². The molecule has 0 aliphatic rings. The lowest BCUT2D eigenvalue weighted by Gasteiger charge is -2.07. The smallest absolute Gasteiger partial charge is 0.134 e. The number of rotatable bonds is 3. The summed E-state index contributed by atoms with van der Waals surface area (Å²) in [7, 11) is 1.71. The van der Waals surface area contributed by atoms with E-state index >= 15 is 0 Å². The predicted molar refractivity (Wildman–Crippen MR) is 66.0 cm³/mol. The maximum Gasteiger partial charge on any atom is 0.134 e. The second kappa shape index (κ2) is 4.47. The van der Waals surface area contributed by atoms with Crippen molar-refractivity contribution < 1.29 is 4.74 Å². The van der Waals surface area contributed by atoms with Gasteiger partial charge in [0.1, 0.15) is 5.75 Å². The lowest BCUT2D eigenvalue weighted by atomic mass is 10.3. The molecule has 2 heterocycles. The Labute approximate surface area is 99.5 Å². The molecule has 2 aromatic rings. The van der Waals surface area contributed by atoms with Crippen LogP contribution in [0.2, 0.25) is 0 Å². The molecular weight excluding hydrogens is 280 g/mol. The van der Waals surface area contributed by atoms with Gasteiger partial charge in [-0.25, -0.2) is 0 Å². The van der Waals surface area contributed by atoms with Gasteiger partial charge in [0.05, 0.1) is 16.8 Å². The summed E-state index contributed by atoms with van der Waals surface area (Å²) in [6.07, 6.45) is 0. The Morgan fingerprint density at radius 3 is 2.79 bits per heavy atom. The predicted octanol–water partition coefficient (Wildman–Crippen LogP) is 4.30. The summed E-state index contributed by atoms with van der Waals surface area (Å²) in [5.41, 5.74) is 0. The van der Waals surface area contributed by atoms with Crippen LogP contribution < -0.4 is 4.74 Å². The van der Waals surface area contributed by atoms with Crippen molar-refractivity contribution in [1.29, 1.82) is 0 Å². The van der Waals surface area contributed by atoms with E-state index in [9.17, 15) is 0 Å². The van der Waals surface area contributed by atoms with Crippen molar-refractivity contribution in [3.05, 3.63) is 38.7 Å². The first-order valence-corrected chi connectivity index (χ1v) is 6.79. The molecule has 0 bridgehead atoms. The SMILES string of the molecule is COc1ccsc1C(Br)c1cccs1. The summed E-state index contributed by atoms with van der Waals surface area (Å²) in [4.78, 5) is 2.80. The number of ether oxygens (including phenoxy) is 1. The standard InChI is InChI=1S/C10H9BrOS2/c1-12-7-4-6-14-10(7)9(11)8-3-2-5-13-8/h2-6,9H,1H3. The lowest BCUT2D eigenvalue weighted by Crippen LogP contribution is -1.89. The maximum atomic E-state index is 5.29. The molecule has 0 saturated carbocycles. The van der Waals surface area contributed by atoms with Gasteiger partial charge < -0.3 is 4.74 Å². The monoisotopic (exact) mass is 288 g/mol. The van der Waals surface area contributed by atoms with Crippen LogP contribution in [0.4, 0.5) is 0 Å². The number of hydrogen-bond donors (Lipinski definition) is 0. The van der Waals surface area contributed by atoms with Crippen molar-refractivity contribution in [3.63, 3.8) is 0 Å². The van der Waals surface area contributed by atoms with Gasteiger partial charge in [-0.3, -0.25) is 0 Å². The Kier molecular flexibility index (Phi) is 3.26. The van der Waals surface area contributed by atoms with E-state index in [1.54, 1.807) is 29.8 Å². The van der Waals surface area contributed by atoms with Crippen molar-refractivity contribution in [3.8, 4) is 5.75 Å². The fourth-order valence-electron chi connectivity index (χ4n) is 1.23. The largest absolute Gasteiger partial charge is 0.496 e. The van der Waals surface area contributed by atoms with Crippen molar-refractivity contribution in [2.24, 2.45) is 0 Å². The molecule has 0 aromatic carbocycles. The van der Waals surface area contributed by atoms with Crippen LogP contribution in [0.1, 0.15) is 14.6 Å². The third-order valence-corrected chi connectivity index (χ3v) is 5.36. The van der Waals surface area contributed by atoms with Crippen LogP contribution in [0.15, 0.2) is 29.0 Å². The summed E-state index contributed by atoms with van der Waals surface area (Å²) in [5, 5.41) is 4.14. The highest BCUT2D eigenvalue weighted by Gasteiger charge is 2.17.